The largest absolute Gasteiger partial charge is 0.355 e. The van der Waals surface area contributed by atoms with E-state index in [-0.39, 0.29) is 10.8 Å². The summed E-state index contributed by atoms with van der Waals surface area (Å²) in [6.45, 7) is 4.80. The van der Waals surface area contributed by atoms with Gasteiger partial charge in [-0.1, -0.05) is 24.6 Å². The molecule has 1 heterocycles. The van der Waals surface area contributed by atoms with Crippen molar-refractivity contribution < 1.29 is 13.2 Å². The number of nitrogens with zero attached hydrogens (tertiary/aromatic N) is 2. The van der Waals surface area contributed by atoms with E-state index in [1.54, 1.807) is 18.2 Å². The number of amides is 1. The Morgan fingerprint density at radius 3 is 2.57 bits per heavy atom. The van der Waals surface area contributed by atoms with E-state index in [2.05, 4.69) is 5.32 Å². The summed E-state index contributed by atoms with van der Waals surface area (Å²) in [6.07, 6.45) is 0.900. The number of hydrogen-bond donors (Lipinski definition) is 1. The second-order valence-corrected chi connectivity index (χ2v) is 7.86. The molecule has 0 aromatic heterocycles. The third-order valence-corrected chi connectivity index (χ3v) is 5.83. The molecule has 1 aliphatic heterocycles. The number of sulfonamides is 1. The SMILES string of the molecule is CCCNC(=O)CN1CCN(S(=O)(=O)c2cccc(Cl)c2)CC1. The fraction of sp³-hybridized carbons (Fsp3) is 0.533. The maximum absolute atomic E-state index is 12.6. The number of nitrogens with one attached hydrogen (secondary N) is 1. The van der Waals surface area contributed by atoms with Gasteiger partial charge >= 0.3 is 0 Å². The van der Waals surface area contributed by atoms with E-state index in [0.29, 0.717) is 44.3 Å². The lowest BCUT2D eigenvalue weighted by Crippen LogP contribution is -2.51. The molecule has 1 N–H and O–H groups in total. The van der Waals surface area contributed by atoms with Gasteiger partial charge in [0.25, 0.3) is 0 Å². The van der Waals surface area contributed by atoms with E-state index in [9.17, 15) is 13.2 Å². The van der Waals surface area contributed by atoms with Gasteiger partial charge < -0.3 is 5.32 Å². The van der Waals surface area contributed by atoms with Gasteiger partial charge in [-0.3, -0.25) is 9.69 Å². The zero-order chi connectivity index (χ0) is 16.9. The minimum Gasteiger partial charge on any atom is -0.355 e. The minimum atomic E-state index is -3.53. The van der Waals surface area contributed by atoms with Gasteiger partial charge in [0.05, 0.1) is 11.4 Å². The normalized spacial score (nSPS) is 17.1. The predicted molar refractivity (Wildman–Crippen MR) is 90.0 cm³/mol. The van der Waals surface area contributed by atoms with Gasteiger partial charge in [0, 0.05) is 37.7 Å². The second kappa shape index (κ2) is 8.10. The van der Waals surface area contributed by atoms with Crippen molar-refractivity contribution in [2.45, 2.75) is 18.2 Å². The van der Waals surface area contributed by atoms with Crippen molar-refractivity contribution in [3.05, 3.63) is 29.3 Å². The van der Waals surface area contributed by atoms with Crippen LogP contribution in [0.5, 0.6) is 0 Å². The van der Waals surface area contributed by atoms with Crippen molar-refractivity contribution in [2.24, 2.45) is 0 Å². The Hall–Kier alpha value is -1.15. The van der Waals surface area contributed by atoms with E-state index in [0.717, 1.165) is 6.42 Å². The second-order valence-electron chi connectivity index (χ2n) is 5.49. The molecule has 0 aliphatic carbocycles. The Bertz CT molecular complexity index is 643. The Morgan fingerprint density at radius 2 is 1.96 bits per heavy atom. The van der Waals surface area contributed by atoms with Gasteiger partial charge in [0.15, 0.2) is 0 Å². The molecular weight excluding hydrogens is 338 g/mol. The molecule has 0 radical (unpaired) electrons. The highest BCUT2D eigenvalue weighted by Crippen LogP contribution is 2.20. The first-order valence-corrected chi connectivity index (χ1v) is 9.50. The maximum atomic E-state index is 12.6. The smallest absolute Gasteiger partial charge is 0.243 e. The molecule has 0 bridgehead atoms. The lowest BCUT2D eigenvalue weighted by Gasteiger charge is -2.33. The minimum absolute atomic E-state index is 0.0157. The highest BCUT2D eigenvalue weighted by Gasteiger charge is 2.29. The van der Waals surface area contributed by atoms with E-state index >= 15 is 0 Å². The Morgan fingerprint density at radius 1 is 1.26 bits per heavy atom. The fourth-order valence-corrected chi connectivity index (χ4v) is 4.15. The van der Waals surface area contributed by atoms with Crippen LogP contribution in [0.25, 0.3) is 0 Å². The number of benzene rings is 1. The summed E-state index contributed by atoms with van der Waals surface area (Å²) < 4.78 is 26.6. The third kappa shape index (κ3) is 4.91. The molecule has 1 aromatic carbocycles. The molecule has 8 heteroatoms. The average molecular weight is 360 g/mol. The molecule has 1 aromatic rings. The molecule has 0 spiro atoms. The van der Waals surface area contributed by atoms with E-state index in [1.807, 2.05) is 11.8 Å². The van der Waals surface area contributed by atoms with Gasteiger partial charge in [0.2, 0.25) is 15.9 Å². The lowest BCUT2D eigenvalue weighted by molar-refractivity contribution is -0.122. The summed E-state index contributed by atoms with van der Waals surface area (Å²) in [5.74, 6) is -0.0157. The number of rotatable bonds is 6. The Balaban J connectivity index is 1.92. The number of hydrogen-bond acceptors (Lipinski definition) is 4. The van der Waals surface area contributed by atoms with E-state index < -0.39 is 10.0 Å². The van der Waals surface area contributed by atoms with Crippen LogP contribution in [0, 0.1) is 0 Å². The molecule has 0 unspecified atom stereocenters. The molecule has 1 fully saturated rings. The quantitative estimate of drug-likeness (QED) is 0.827. The standard InChI is InChI=1S/C15H22ClN3O3S/c1-2-6-17-15(20)12-18-7-9-19(10-8-18)23(21,22)14-5-3-4-13(16)11-14/h3-5,11H,2,6-10,12H2,1H3,(H,17,20). The van der Waals surface area contributed by atoms with Crippen molar-refractivity contribution in [1.82, 2.24) is 14.5 Å². The molecule has 6 nitrogen and oxygen atoms in total. The molecule has 1 aliphatic rings. The van der Waals surface area contributed by atoms with E-state index in [4.69, 9.17) is 11.6 Å². The zero-order valence-corrected chi connectivity index (χ0v) is 14.7. The molecule has 0 saturated carbocycles. The lowest BCUT2D eigenvalue weighted by atomic mass is 10.3. The van der Waals surface area contributed by atoms with Crippen LogP contribution >= 0.6 is 11.6 Å². The maximum Gasteiger partial charge on any atom is 0.243 e. The van der Waals surface area contributed by atoms with Gasteiger partial charge in [-0.05, 0) is 24.6 Å². The third-order valence-electron chi connectivity index (χ3n) is 3.70. The summed E-state index contributed by atoms with van der Waals surface area (Å²) in [4.78, 5) is 13.9. The van der Waals surface area contributed by atoms with Crippen molar-refractivity contribution in [1.29, 1.82) is 0 Å². The van der Waals surface area contributed by atoms with Crippen LogP contribution in [-0.4, -0.2) is 62.8 Å². The molecule has 1 amide bonds. The van der Waals surface area contributed by atoms with Crippen LogP contribution in [-0.2, 0) is 14.8 Å². The first-order chi connectivity index (χ1) is 10.9. The van der Waals surface area contributed by atoms with Crippen molar-refractivity contribution in [3.63, 3.8) is 0 Å². The summed E-state index contributed by atoms with van der Waals surface area (Å²) >= 11 is 5.88. The van der Waals surface area contributed by atoms with Crippen molar-refractivity contribution >= 4 is 27.5 Å². The highest BCUT2D eigenvalue weighted by atomic mass is 35.5. The summed E-state index contributed by atoms with van der Waals surface area (Å²) in [5, 5.41) is 3.23. The first kappa shape index (κ1) is 18.2. The monoisotopic (exact) mass is 359 g/mol. The van der Waals surface area contributed by atoms with Crippen LogP contribution in [0.15, 0.2) is 29.2 Å². The van der Waals surface area contributed by atoms with Crippen LogP contribution < -0.4 is 5.32 Å². The molecule has 23 heavy (non-hydrogen) atoms. The van der Waals surface area contributed by atoms with E-state index in [1.165, 1.54) is 10.4 Å². The molecule has 1 saturated heterocycles. The number of piperazine rings is 1. The highest BCUT2D eigenvalue weighted by molar-refractivity contribution is 7.89. The van der Waals surface area contributed by atoms with Crippen LogP contribution in [0.1, 0.15) is 13.3 Å². The van der Waals surface area contributed by atoms with Crippen molar-refractivity contribution in [2.75, 3.05) is 39.3 Å². The topological polar surface area (TPSA) is 69.7 Å². The average Bonchev–Trinajstić information content (AvgIpc) is 2.53. The molecule has 2 rings (SSSR count). The van der Waals surface area contributed by atoms with Gasteiger partial charge in [-0.25, -0.2) is 8.42 Å². The molecule has 128 valence electrons. The molecule has 0 atom stereocenters. The summed E-state index contributed by atoms with van der Waals surface area (Å²) in [6, 6.07) is 6.28. The number of carbonyl (C=O) groups is 1. The van der Waals surface area contributed by atoms with Gasteiger partial charge in [0.1, 0.15) is 0 Å². The summed E-state index contributed by atoms with van der Waals surface area (Å²) in [7, 11) is -3.53. The number of carbonyl (C=O) groups excluding carboxylic acids is 1. The van der Waals surface area contributed by atoms with Crippen LogP contribution in [0.2, 0.25) is 5.02 Å². The van der Waals surface area contributed by atoms with Crippen molar-refractivity contribution in [3.8, 4) is 0 Å². The van der Waals surface area contributed by atoms with Crippen LogP contribution in [0.4, 0.5) is 0 Å². The van der Waals surface area contributed by atoms with Crippen LogP contribution in [0.3, 0.4) is 0 Å². The fourth-order valence-electron chi connectivity index (χ4n) is 2.43. The molecular formula is C15H22ClN3O3S. The zero-order valence-electron chi connectivity index (χ0n) is 13.2. The first-order valence-electron chi connectivity index (χ1n) is 7.68. The number of halogens is 1. The summed E-state index contributed by atoms with van der Waals surface area (Å²) in [5.41, 5.74) is 0. The Kier molecular flexibility index (Phi) is 6.41. The predicted octanol–water partition coefficient (Wildman–Crippen LogP) is 1.17. The Labute approximate surface area is 142 Å². The van der Waals surface area contributed by atoms with Gasteiger partial charge in [-0.2, -0.15) is 4.31 Å². The van der Waals surface area contributed by atoms with Gasteiger partial charge in [-0.15, -0.1) is 0 Å².